The first-order valence-corrected chi connectivity index (χ1v) is 10.7. The number of imide groups is 1. The number of rotatable bonds is 4. The third-order valence-electron chi connectivity index (χ3n) is 7.43. The Bertz CT molecular complexity index is 913. The number of fused-ring (bicyclic) bond motifs is 5. The van der Waals surface area contributed by atoms with Gasteiger partial charge < -0.3 is 0 Å². The van der Waals surface area contributed by atoms with E-state index < -0.39 is 0 Å². The molecule has 3 heteroatoms. The highest BCUT2D eigenvalue weighted by atomic mass is 16.2. The second-order valence-electron chi connectivity index (χ2n) is 8.61. The van der Waals surface area contributed by atoms with Crippen LogP contribution in [0.25, 0.3) is 0 Å². The van der Waals surface area contributed by atoms with Crippen molar-refractivity contribution in [1.29, 1.82) is 0 Å². The molecule has 3 aliphatic rings. The van der Waals surface area contributed by atoms with E-state index >= 15 is 0 Å². The monoisotopic (exact) mass is 373 g/mol. The maximum Gasteiger partial charge on any atom is 0.238 e. The van der Waals surface area contributed by atoms with Gasteiger partial charge in [-0.1, -0.05) is 62.4 Å². The number of hydrogen-bond acceptors (Lipinski definition) is 2. The molecule has 3 fully saturated rings. The molecule has 2 amide bonds. The Labute approximate surface area is 166 Å². The smallest absolute Gasteiger partial charge is 0.238 e. The van der Waals surface area contributed by atoms with E-state index in [1.54, 1.807) is 4.90 Å². The molecule has 2 saturated carbocycles. The molecule has 0 unspecified atom stereocenters. The molecule has 1 heterocycles. The summed E-state index contributed by atoms with van der Waals surface area (Å²) in [6.07, 6.45) is 3.72. The standard InChI is InChI=1S/C25H27NO2/c1-3-15-11-8-12-16(4-2)23(15)26-24(27)21-18-13-19(17-9-6-5-7-10-17)20(14-18)22(21)25(26)28/h5-12,18-22H,3-4,13-14H2,1-2H3/t18-,19+,20+,21+,22-/m0/s1. The number of benzene rings is 2. The van der Waals surface area contributed by atoms with Gasteiger partial charge in [0.15, 0.2) is 0 Å². The summed E-state index contributed by atoms with van der Waals surface area (Å²) >= 11 is 0. The molecule has 5 atom stereocenters. The fourth-order valence-corrected chi connectivity index (χ4v) is 6.27. The van der Waals surface area contributed by atoms with Crippen LogP contribution in [-0.4, -0.2) is 11.8 Å². The van der Waals surface area contributed by atoms with Gasteiger partial charge >= 0.3 is 0 Å². The molecule has 144 valence electrons. The minimum atomic E-state index is -0.133. The van der Waals surface area contributed by atoms with Gasteiger partial charge in [0.2, 0.25) is 11.8 Å². The molecule has 0 N–H and O–H groups in total. The average Bonchev–Trinajstić information content (AvgIpc) is 3.39. The number of nitrogens with zero attached hydrogens (tertiary/aromatic N) is 1. The number of carbonyl (C=O) groups excluding carboxylic acids is 2. The van der Waals surface area contributed by atoms with E-state index in [9.17, 15) is 9.59 Å². The van der Waals surface area contributed by atoms with Crippen LogP contribution in [0.3, 0.4) is 0 Å². The van der Waals surface area contributed by atoms with Crippen LogP contribution >= 0.6 is 0 Å². The SMILES string of the molecule is CCc1cccc(CC)c1N1C(=O)[C@@H]2[C@@H]3C[C@@H]([C@@H]2C1=O)[C@@H](c1ccccc1)C3. The van der Waals surface area contributed by atoms with E-state index in [0.29, 0.717) is 17.8 Å². The number of hydrogen-bond donors (Lipinski definition) is 0. The van der Waals surface area contributed by atoms with Gasteiger partial charge in [0.05, 0.1) is 17.5 Å². The van der Waals surface area contributed by atoms with Crippen LogP contribution < -0.4 is 4.90 Å². The molecule has 2 bridgehead atoms. The summed E-state index contributed by atoms with van der Waals surface area (Å²) in [6, 6.07) is 16.7. The maximum absolute atomic E-state index is 13.6. The predicted molar refractivity (Wildman–Crippen MR) is 110 cm³/mol. The lowest BCUT2D eigenvalue weighted by Gasteiger charge is -2.28. The van der Waals surface area contributed by atoms with Crippen molar-refractivity contribution in [1.82, 2.24) is 0 Å². The van der Waals surface area contributed by atoms with E-state index in [2.05, 4.69) is 50.2 Å². The van der Waals surface area contributed by atoms with Crippen LogP contribution in [-0.2, 0) is 22.4 Å². The summed E-state index contributed by atoms with van der Waals surface area (Å²) in [7, 11) is 0. The van der Waals surface area contributed by atoms with Gasteiger partial charge in [0.1, 0.15) is 0 Å². The van der Waals surface area contributed by atoms with Crippen molar-refractivity contribution in [3.8, 4) is 0 Å². The lowest BCUT2D eigenvalue weighted by atomic mass is 9.73. The van der Waals surface area contributed by atoms with Gasteiger partial charge in [0, 0.05) is 0 Å². The summed E-state index contributed by atoms with van der Waals surface area (Å²) in [5, 5.41) is 0. The fraction of sp³-hybridized carbons (Fsp3) is 0.440. The van der Waals surface area contributed by atoms with Gasteiger partial charge in [0.25, 0.3) is 0 Å². The maximum atomic E-state index is 13.6. The van der Waals surface area contributed by atoms with Gasteiger partial charge in [-0.3, -0.25) is 9.59 Å². The van der Waals surface area contributed by atoms with Gasteiger partial charge in [-0.15, -0.1) is 0 Å². The first-order chi connectivity index (χ1) is 13.7. The number of amides is 2. The van der Waals surface area contributed by atoms with E-state index in [1.165, 1.54) is 5.56 Å². The van der Waals surface area contributed by atoms with Gasteiger partial charge in [-0.05, 0) is 60.1 Å². The number of aryl methyl sites for hydroxylation is 2. The Kier molecular flexibility index (Phi) is 4.15. The Morgan fingerprint density at radius 1 is 0.821 bits per heavy atom. The topological polar surface area (TPSA) is 37.4 Å². The molecule has 1 aliphatic heterocycles. The molecule has 1 saturated heterocycles. The van der Waals surface area contributed by atoms with Crippen molar-refractivity contribution >= 4 is 17.5 Å². The van der Waals surface area contributed by atoms with Gasteiger partial charge in [-0.25, -0.2) is 4.90 Å². The highest BCUT2D eigenvalue weighted by Gasteiger charge is 2.64. The Morgan fingerprint density at radius 2 is 1.46 bits per heavy atom. The number of carbonyl (C=O) groups is 2. The first-order valence-electron chi connectivity index (χ1n) is 10.7. The van der Waals surface area contributed by atoms with Crippen LogP contribution in [0.4, 0.5) is 5.69 Å². The highest BCUT2D eigenvalue weighted by Crippen LogP contribution is 2.62. The van der Waals surface area contributed by atoms with E-state index in [0.717, 1.165) is 42.5 Å². The summed E-state index contributed by atoms with van der Waals surface area (Å²) < 4.78 is 0. The number of anilines is 1. The Hall–Kier alpha value is -2.42. The molecule has 3 nitrogen and oxygen atoms in total. The molecule has 5 rings (SSSR count). The minimum absolute atomic E-state index is 0.0544. The van der Waals surface area contributed by atoms with Crippen molar-refractivity contribution < 1.29 is 9.59 Å². The van der Waals surface area contributed by atoms with Crippen molar-refractivity contribution in [2.45, 2.75) is 45.4 Å². The minimum Gasteiger partial charge on any atom is -0.274 e. The molecule has 2 aromatic rings. The summed E-state index contributed by atoms with van der Waals surface area (Å²) in [6.45, 7) is 4.19. The molecule has 28 heavy (non-hydrogen) atoms. The molecule has 2 aliphatic carbocycles. The quantitative estimate of drug-likeness (QED) is 0.726. The van der Waals surface area contributed by atoms with Crippen molar-refractivity contribution in [3.05, 3.63) is 65.2 Å². The second-order valence-corrected chi connectivity index (χ2v) is 8.61. The molecular formula is C25H27NO2. The second kappa shape index (κ2) is 6.58. The van der Waals surface area contributed by atoms with Gasteiger partial charge in [-0.2, -0.15) is 0 Å². The van der Waals surface area contributed by atoms with Crippen LogP contribution in [0.5, 0.6) is 0 Å². The van der Waals surface area contributed by atoms with E-state index in [4.69, 9.17) is 0 Å². The third kappa shape index (κ3) is 2.35. The van der Waals surface area contributed by atoms with E-state index in [1.807, 2.05) is 12.1 Å². The van der Waals surface area contributed by atoms with Crippen molar-refractivity contribution in [2.75, 3.05) is 4.90 Å². The summed E-state index contributed by atoms with van der Waals surface area (Å²) in [4.78, 5) is 28.7. The summed E-state index contributed by atoms with van der Waals surface area (Å²) in [5.41, 5.74) is 4.42. The third-order valence-corrected chi connectivity index (χ3v) is 7.43. The molecule has 0 spiro atoms. The zero-order valence-corrected chi connectivity index (χ0v) is 16.6. The molecular weight excluding hydrogens is 346 g/mol. The van der Waals surface area contributed by atoms with E-state index in [-0.39, 0.29) is 23.7 Å². The summed E-state index contributed by atoms with van der Waals surface area (Å²) in [5.74, 6) is 0.941. The zero-order valence-electron chi connectivity index (χ0n) is 16.6. The van der Waals surface area contributed by atoms with Crippen molar-refractivity contribution in [3.63, 3.8) is 0 Å². The fourth-order valence-electron chi connectivity index (χ4n) is 6.27. The van der Waals surface area contributed by atoms with Crippen LogP contribution in [0.15, 0.2) is 48.5 Å². The molecule has 0 radical (unpaired) electrons. The molecule has 0 aromatic heterocycles. The average molecular weight is 373 g/mol. The zero-order chi connectivity index (χ0) is 19.4. The molecule has 2 aromatic carbocycles. The van der Waals surface area contributed by atoms with Crippen LogP contribution in [0.2, 0.25) is 0 Å². The van der Waals surface area contributed by atoms with Crippen LogP contribution in [0, 0.1) is 23.7 Å². The largest absolute Gasteiger partial charge is 0.274 e. The normalized spacial score (nSPS) is 30.9. The van der Waals surface area contributed by atoms with Crippen molar-refractivity contribution in [2.24, 2.45) is 23.7 Å². The lowest BCUT2D eigenvalue weighted by molar-refractivity contribution is -0.123. The Balaban J connectivity index is 1.54. The Morgan fingerprint density at radius 3 is 2.11 bits per heavy atom. The number of para-hydroxylation sites is 1. The van der Waals surface area contributed by atoms with Crippen LogP contribution in [0.1, 0.15) is 49.3 Å². The predicted octanol–water partition coefficient (Wildman–Crippen LogP) is 4.74. The highest BCUT2D eigenvalue weighted by molar-refractivity contribution is 6.23. The lowest BCUT2D eigenvalue weighted by Crippen LogP contribution is -2.34. The first kappa shape index (κ1) is 17.7.